The Balaban J connectivity index is 2.08. The van der Waals surface area contributed by atoms with Gasteiger partial charge in [-0.1, -0.05) is 0 Å². The molecule has 5 heteroatoms. The van der Waals surface area contributed by atoms with Crippen molar-refractivity contribution in [1.29, 1.82) is 0 Å². The fraction of sp³-hybridized carbons (Fsp3) is 0.692. The zero-order valence-corrected chi connectivity index (χ0v) is 11.1. The molecule has 5 nitrogen and oxygen atoms in total. The van der Waals surface area contributed by atoms with Crippen LogP contribution >= 0.6 is 0 Å². The van der Waals surface area contributed by atoms with E-state index in [0.717, 1.165) is 37.7 Å². The minimum atomic E-state index is -0.0996. The molecule has 0 bridgehead atoms. The maximum absolute atomic E-state index is 5.96. The molecule has 18 heavy (non-hydrogen) atoms. The Morgan fingerprint density at radius 2 is 2.28 bits per heavy atom. The quantitative estimate of drug-likeness (QED) is 0.799. The standard InChI is InChI=1S/C13H21N5/c1-8(14)12-16-11(9-3-5-15-7-9)10-4-6-18(2)13(10)17-12/h8-9,15H,3-7,14H2,1-2H3. The summed E-state index contributed by atoms with van der Waals surface area (Å²) < 4.78 is 0. The molecule has 0 saturated carbocycles. The summed E-state index contributed by atoms with van der Waals surface area (Å²) in [7, 11) is 2.10. The van der Waals surface area contributed by atoms with Crippen LogP contribution in [0.2, 0.25) is 0 Å². The number of nitrogens with two attached hydrogens (primary N) is 1. The first-order chi connectivity index (χ1) is 8.66. The van der Waals surface area contributed by atoms with Crippen LogP contribution < -0.4 is 16.0 Å². The molecule has 0 aliphatic carbocycles. The van der Waals surface area contributed by atoms with Crippen molar-refractivity contribution in [3.63, 3.8) is 0 Å². The molecule has 2 aliphatic heterocycles. The number of nitrogens with one attached hydrogen (secondary N) is 1. The normalized spacial score (nSPS) is 24.4. The molecular formula is C13H21N5. The highest BCUT2D eigenvalue weighted by Crippen LogP contribution is 2.33. The molecule has 0 spiro atoms. The third-order valence-corrected chi connectivity index (χ3v) is 3.95. The molecule has 2 unspecified atom stereocenters. The Kier molecular flexibility index (Phi) is 2.95. The van der Waals surface area contributed by atoms with E-state index < -0.39 is 0 Å². The summed E-state index contributed by atoms with van der Waals surface area (Å²) in [5.74, 6) is 2.41. The van der Waals surface area contributed by atoms with Crippen molar-refractivity contribution in [2.75, 3.05) is 31.6 Å². The zero-order valence-electron chi connectivity index (χ0n) is 11.1. The maximum atomic E-state index is 5.96. The molecule has 2 aliphatic rings. The first-order valence-electron chi connectivity index (χ1n) is 6.75. The minimum absolute atomic E-state index is 0.0996. The molecule has 3 heterocycles. The van der Waals surface area contributed by atoms with Crippen molar-refractivity contribution in [2.45, 2.75) is 31.7 Å². The highest BCUT2D eigenvalue weighted by molar-refractivity contribution is 5.54. The lowest BCUT2D eigenvalue weighted by Crippen LogP contribution is -2.19. The van der Waals surface area contributed by atoms with Gasteiger partial charge >= 0.3 is 0 Å². The van der Waals surface area contributed by atoms with E-state index in [9.17, 15) is 0 Å². The zero-order chi connectivity index (χ0) is 12.7. The van der Waals surface area contributed by atoms with Crippen LogP contribution in [0.3, 0.4) is 0 Å². The SMILES string of the molecule is CC(N)c1nc(C2CCNC2)c2c(n1)N(C)CC2. The van der Waals surface area contributed by atoms with Crippen LogP contribution in [0.1, 0.15) is 42.4 Å². The van der Waals surface area contributed by atoms with E-state index in [0.29, 0.717) is 5.92 Å². The fourth-order valence-electron chi connectivity index (χ4n) is 2.88. The first kappa shape index (κ1) is 11.9. The number of aromatic nitrogens is 2. The Labute approximate surface area is 108 Å². The molecule has 0 amide bonds. The summed E-state index contributed by atoms with van der Waals surface area (Å²) in [6.07, 6.45) is 2.24. The third-order valence-electron chi connectivity index (χ3n) is 3.95. The molecule has 1 aromatic rings. The van der Waals surface area contributed by atoms with Gasteiger partial charge in [-0.2, -0.15) is 0 Å². The summed E-state index contributed by atoms with van der Waals surface area (Å²) in [5, 5.41) is 3.42. The monoisotopic (exact) mass is 247 g/mol. The predicted octanol–water partition coefficient (Wildman–Crippen LogP) is 0.566. The number of hydrogen-bond acceptors (Lipinski definition) is 5. The van der Waals surface area contributed by atoms with Crippen LogP contribution in [-0.2, 0) is 6.42 Å². The van der Waals surface area contributed by atoms with E-state index in [1.165, 1.54) is 17.7 Å². The van der Waals surface area contributed by atoms with Gasteiger partial charge in [0.25, 0.3) is 0 Å². The van der Waals surface area contributed by atoms with E-state index in [2.05, 4.69) is 22.2 Å². The average molecular weight is 247 g/mol. The number of nitrogens with zero attached hydrogens (tertiary/aromatic N) is 3. The molecule has 1 saturated heterocycles. The van der Waals surface area contributed by atoms with E-state index in [4.69, 9.17) is 10.7 Å². The van der Waals surface area contributed by atoms with Gasteiger partial charge in [0.1, 0.15) is 11.6 Å². The van der Waals surface area contributed by atoms with Gasteiger partial charge < -0.3 is 16.0 Å². The van der Waals surface area contributed by atoms with Gasteiger partial charge in [0.15, 0.2) is 0 Å². The van der Waals surface area contributed by atoms with Crippen molar-refractivity contribution in [2.24, 2.45) is 5.73 Å². The molecular weight excluding hydrogens is 226 g/mol. The van der Waals surface area contributed by atoms with Gasteiger partial charge in [-0.05, 0) is 26.3 Å². The van der Waals surface area contributed by atoms with Crippen LogP contribution in [-0.4, -0.2) is 36.6 Å². The summed E-state index contributed by atoms with van der Waals surface area (Å²) in [5.41, 5.74) is 8.54. The molecule has 0 radical (unpaired) electrons. The summed E-state index contributed by atoms with van der Waals surface area (Å²) >= 11 is 0. The van der Waals surface area contributed by atoms with Crippen molar-refractivity contribution < 1.29 is 0 Å². The van der Waals surface area contributed by atoms with Crippen LogP contribution in [0.4, 0.5) is 5.82 Å². The Morgan fingerprint density at radius 1 is 1.44 bits per heavy atom. The maximum Gasteiger partial charge on any atom is 0.147 e. The van der Waals surface area contributed by atoms with Crippen molar-refractivity contribution in [1.82, 2.24) is 15.3 Å². The van der Waals surface area contributed by atoms with Gasteiger partial charge in [0.05, 0.1) is 11.7 Å². The van der Waals surface area contributed by atoms with Crippen LogP contribution in [0, 0.1) is 0 Å². The topological polar surface area (TPSA) is 67.1 Å². The summed E-state index contributed by atoms with van der Waals surface area (Å²) in [4.78, 5) is 11.6. The van der Waals surface area contributed by atoms with E-state index in [-0.39, 0.29) is 6.04 Å². The van der Waals surface area contributed by atoms with Crippen LogP contribution in [0.5, 0.6) is 0 Å². The van der Waals surface area contributed by atoms with Crippen molar-refractivity contribution >= 4 is 5.82 Å². The Bertz CT molecular complexity index is 451. The second-order valence-electron chi connectivity index (χ2n) is 5.42. The lowest BCUT2D eigenvalue weighted by Gasteiger charge is -2.17. The second kappa shape index (κ2) is 4.48. The number of likely N-dealkylation sites (N-methyl/N-ethyl adjacent to an activating group) is 1. The van der Waals surface area contributed by atoms with Gasteiger partial charge in [-0.25, -0.2) is 9.97 Å². The van der Waals surface area contributed by atoms with E-state index in [1.807, 2.05) is 6.92 Å². The van der Waals surface area contributed by atoms with Crippen molar-refractivity contribution in [3.8, 4) is 0 Å². The molecule has 1 aromatic heterocycles. The number of rotatable bonds is 2. The van der Waals surface area contributed by atoms with Gasteiger partial charge in [0.2, 0.25) is 0 Å². The van der Waals surface area contributed by atoms with E-state index >= 15 is 0 Å². The highest BCUT2D eigenvalue weighted by Gasteiger charge is 2.29. The highest BCUT2D eigenvalue weighted by atomic mass is 15.2. The van der Waals surface area contributed by atoms with Gasteiger partial charge in [-0.3, -0.25) is 0 Å². The molecule has 98 valence electrons. The third kappa shape index (κ3) is 1.87. The van der Waals surface area contributed by atoms with Gasteiger partial charge in [-0.15, -0.1) is 0 Å². The van der Waals surface area contributed by atoms with E-state index in [1.54, 1.807) is 0 Å². The Morgan fingerprint density at radius 3 is 2.94 bits per heavy atom. The molecule has 2 atom stereocenters. The molecule has 0 aromatic carbocycles. The lowest BCUT2D eigenvalue weighted by atomic mass is 9.98. The van der Waals surface area contributed by atoms with Gasteiger partial charge in [0, 0.05) is 31.6 Å². The minimum Gasteiger partial charge on any atom is -0.359 e. The smallest absolute Gasteiger partial charge is 0.147 e. The largest absolute Gasteiger partial charge is 0.359 e. The summed E-state index contributed by atoms with van der Waals surface area (Å²) in [6, 6.07) is -0.0996. The lowest BCUT2D eigenvalue weighted by molar-refractivity contribution is 0.676. The molecule has 1 fully saturated rings. The second-order valence-corrected chi connectivity index (χ2v) is 5.42. The van der Waals surface area contributed by atoms with Crippen LogP contribution in [0.25, 0.3) is 0 Å². The average Bonchev–Trinajstić information content (AvgIpc) is 2.98. The fourth-order valence-corrected chi connectivity index (χ4v) is 2.88. The Hall–Kier alpha value is -1.20. The van der Waals surface area contributed by atoms with Crippen LogP contribution in [0.15, 0.2) is 0 Å². The predicted molar refractivity (Wildman–Crippen MR) is 71.8 cm³/mol. The summed E-state index contributed by atoms with van der Waals surface area (Å²) in [6.45, 7) is 5.12. The molecule has 3 rings (SSSR count). The first-order valence-corrected chi connectivity index (χ1v) is 6.75. The molecule has 3 N–H and O–H groups in total. The number of hydrogen-bond donors (Lipinski definition) is 2. The van der Waals surface area contributed by atoms with Crippen molar-refractivity contribution in [3.05, 3.63) is 17.1 Å². The number of anilines is 1. The number of fused-ring (bicyclic) bond motifs is 1.